The number of hydrazine groups is 1. The van der Waals surface area contributed by atoms with Crippen molar-refractivity contribution < 1.29 is 4.74 Å². The van der Waals surface area contributed by atoms with Gasteiger partial charge in [-0.2, -0.15) is 0 Å². The summed E-state index contributed by atoms with van der Waals surface area (Å²) in [6, 6.07) is 12.2. The summed E-state index contributed by atoms with van der Waals surface area (Å²) in [4.78, 5) is 1.28. The molecule has 0 saturated heterocycles. The van der Waals surface area contributed by atoms with Crippen LogP contribution in [-0.2, 0) is 6.42 Å². The van der Waals surface area contributed by atoms with E-state index in [2.05, 4.69) is 39.6 Å². The van der Waals surface area contributed by atoms with Gasteiger partial charge in [-0.05, 0) is 41.1 Å². The van der Waals surface area contributed by atoms with Crippen molar-refractivity contribution in [2.24, 2.45) is 5.84 Å². The first-order valence-electron chi connectivity index (χ1n) is 6.16. The van der Waals surface area contributed by atoms with E-state index in [9.17, 15) is 0 Å². The number of ether oxygens (including phenoxy) is 1. The Kier molecular flexibility index (Phi) is 5.39. The molecule has 2 rings (SSSR count). The predicted molar refractivity (Wildman–Crippen MR) is 83.4 cm³/mol. The Morgan fingerprint density at radius 2 is 2.11 bits per heavy atom. The molecule has 0 bridgehead atoms. The van der Waals surface area contributed by atoms with Crippen molar-refractivity contribution in [1.82, 2.24) is 5.43 Å². The van der Waals surface area contributed by atoms with Gasteiger partial charge in [-0.3, -0.25) is 11.3 Å². The van der Waals surface area contributed by atoms with E-state index in [1.54, 1.807) is 11.3 Å². The Bertz CT molecular complexity index is 530. The monoisotopic (exact) mass is 340 g/mol. The summed E-state index contributed by atoms with van der Waals surface area (Å²) in [5, 5.41) is 0. The highest BCUT2D eigenvalue weighted by molar-refractivity contribution is 9.11. The molecule has 0 aliphatic heterocycles. The number of halogens is 1. The zero-order valence-electron chi connectivity index (χ0n) is 10.7. The number of thiophene rings is 1. The molecular weight excluding hydrogens is 324 g/mol. The molecular formula is C14H17BrN2OS. The molecule has 1 heterocycles. The van der Waals surface area contributed by atoms with Crippen molar-refractivity contribution in [3.63, 3.8) is 0 Å². The van der Waals surface area contributed by atoms with Crippen LogP contribution in [0.5, 0.6) is 5.75 Å². The highest BCUT2D eigenvalue weighted by atomic mass is 79.9. The largest absolute Gasteiger partial charge is 0.494 e. The third-order valence-electron chi connectivity index (χ3n) is 2.83. The van der Waals surface area contributed by atoms with Gasteiger partial charge >= 0.3 is 0 Å². The number of hydrogen-bond acceptors (Lipinski definition) is 4. The van der Waals surface area contributed by atoms with Crippen LogP contribution >= 0.6 is 27.3 Å². The second-order valence-electron chi connectivity index (χ2n) is 4.10. The van der Waals surface area contributed by atoms with Gasteiger partial charge in [-0.25, -0.2) is 0 Å². The molecule has 0 radical (unpaired) electrons. The number of nitrogens with two attached hydrogens (primary N) is 1. The lowest BCUT2D eigenvalue weighted by atomic mass is 10.0. The molecule has 1 aromatic carbocycles. The summed E-state index contributed by atoms with van der Waals surface area (Å²) in [7, 11) is 0. The van der Waals surface area contributed by atoms with Crippen LogP contribution in [0.25, 0.3) is 0 Å². The van der Waals surface area contributed by atoms with Crippen molar-refractivity contribution >= 4 is 27.3 Å². The van der Waals surface area contributed by atoms with Crippen molar-refractivity contribution in [3.8, 4) is 5.75 Å². The van der Waals surface area contributed by atoms with Crippen molar-refractivity contribution in [2.75, 3.05) is 6.61 Å². The summed E-state index contributed by atoms with van der Waals surface area (Å²) in [5.41, 5.74) is 3.98. The lowest BCUT2D eigenvalue weighted by Crippen LogP contribution is -2.29. The van der Waals surface area contributed by atoms with E-state index in [0.29, 0.717) is 6.61 Å². The molecule has 102 valence electrons. The summed E-state index contributed by atoms with van der Waals surface area (Å²) in [6.45, 7) is 2.64. The molecule has 0 aliphatic carbocycles. The summed E-state index contributed by atoms with van der Waals surface area (Å²) in [5.74, 6) is 6.60. The lowest BCUT2D eigenvalue weighted by molar-refractivity contribution is 0.331. The third kappa shape index (κ3) is 3.79. The predicted octanol–water partition coefficient (Wildman–Crippen LogP) is 3.66. The number of rotatable bonds is 6. The van der Waals surface area contributed by atoms with Crippen LogP contribution in [0.4, 0.5) is 0 Å². The normalized spacial score (nSPS) is 12.4. The fraction of sp³-hybridized carbons (Fsp3) is 0.286. The van der Waals surface area contributed by atoms with Gasteiger partial charge in [-0.1, -0.05) is 18.2 Å². The Morgan fingerprint density at radius 1 is 1.32 bits per heavy atom. The van der Waals surface area contributed by atoms with Gasteiger partial charge in [0.05, 0.1) is 16.4 Å². The molecule has 0 aliphatic rings. The highest BCUT2D eigenvalue weighted by Crippen LogP contribution is 2.30. The smallest absolute Gasteiger partial charge is 0.124 e. The molecule has 19 heavy (non-hydrogen) atoms. The van der Waals surface area contributed by atoms with E-state index in [1.807, 2.05) is 25.1 Å². The van der Waals surface area contributed by atoms with Gasteiger partial charge in [0.25, 0.3) is 0 Å². The van der Waals surface area contributed by atoms with Gasteiger partial charge < -0.3 is 4.74 Å². The van der Waals surface area contributed by atoms with Crippen molar-refractivity contribution in [2.45, 2.75) is 19.4 Å². The van der Waals surface area contributed by atoms with E-state index in [-0.39, 0.29) is 6.04 Å². The first kappa shape index (κ1) is 14.5. The second-order valence-corrected chi connectivity index (χ2v) is 6.65. The number of hydrogen-bond donors (Lipinski definition) is 2. The van der Waals surface area contributed by atoms with E-state index in [4.69, 9.17) is 10.6 Å². The van der Waals surface area contributed by atoms with E-state index in [0.717, 1.165) is 21.5 Å². The molecule has 0 amide bonds. The molecule has 2 aromatic rings. The molecule has 1 atom stereocenters. The summed E-state index contributed by atoms with van der Waals surface area (Å²) in [6.07, 6.45) is 0.844. The van der Waals surface area contributed by atoms with Crippen LogP contribution in [0.15, 0.2) is 40.2 Å². The maximum atomic E-state index is 5.71. The fourth-order valence-electron chi connectivity index (χ4n) is 1.98. The molecule has 3 N–H and O–H groups in total. The first-order chi connectivity index (χ1) is 9.24. The van der Waals surface area contributed by atoms with Gasteiger partial charge in [0.2, 0.25) is 0 Å². The van der Waals surface area contributed by atoms with Gasteiger partial charge in [0.15, 0.2) is 0 Å². The van der Waals surface area contributed by atoms with Crippen LogP contribution in [0, 0.1) is 0 Å². The van der Waals surface area contributed by atoms with Gasteiger partial charge in [0.1, 0.15) is 5.75 Å². The van der Waals surface area contributed by atoms with E-state index >= 15 is 0 Å². The minimum atomic E-state index is 0.0494. The minimum absolute atomic E-state index is 0.0494. The number of nitrogens with one attached hydrogen (secondary N) is 1. The lowest BCUT2D eigenvalue weighted by Gasteiger charge is -2.19. The standard InChI is InChI=1S/C14H17BrN2OS/c1-2-18-13-6-4-3-5-11(13)12(17-16)9-10-7-8-14(15)19-10/h3-8,12,17H,2,9,16H2,1H3. The maximum absolute atomic E-state index is 5.71. The van der Waals surface area contributed by atoms with E-state index < -0.39 is 0 Å². The summed E-state index contributed by atoms with van der Waals surface area (Å²) >= 11 is 5.21. The fourth-order valence-corrected chi connectivity index (χ4v) is 3.51. The van der Waals surface area contributed by atoms with Gasteiger partial charge in [-0.15, -0.1) is 11.3 Å². The molecule has 1 unspecified atom stereocenters. The average Bonchev–Trinajstić information content (AvgIpc) is 2.83. The van der Waals surface area contributed by atoms with Crippen molar-refractivity contribution in [3.05, 3.63) is 50.6 Å². The Labute approximate surface area is 125 Å². The quantitative estimate of drug-likeness (QED) is 0.623. The Morgan fingerprint density at radius 3 is 2.74 bits per heavy atom. The molecule has 3 nitrogen and oxygen atoms in total. The van der Waals surface area contributed by atoms with Crippen LogP contribution in [0.2, 0.25) is 0 Å². The molecule has 0 spiro atoms. The average molecular weight is 341 g/mol. The van der Waals surface area contributed by atoms with Crippen LogP contribution in [0.3, 0.4) is 0 Å². The molecule has 0 fully saturated rings. The zero-order valence-corrected chi connectivity index (χ0v) is 13.1. The van der Waals surface area contributed by atoms with Crippen LogP contribution in [-0.4, -0.2) is 6.61 Å². The summed E-state index contributed by atoms with van der Waals surface area (Å²) < 4.78 is 6.80. The van der Waals surface area contributed by atoms with Crippen LogP contribution < -0.4 is 16.0 Å². The molecule has 1 aromatic heterocycles. The highest BCUT2D eigenvalue weighted by Gasteiger charge is 2.16. The zero-order chi connectivity index (χ0) is 13.7. The number of benzene rings is 1. The maximum Gasteiger partial charge on any atom is 0.124 e. The van der Waals surface area contributed by atoms with Crippen molar-refractivity contribution in [1.29, 1.82) is 0 Å². The molecule has 0 saturated carbocycles. The minimum Gasteiger partial charge on any atom is -0.494 e. The molecule has 5 heteroatoms. The second kappa shape index (κ2) is 7.05. The first-order valence-corrected chi connectivity index (χ1v) is 7.77. The topological polar surface area (TPSA) is 47.3 Å². The van der Waals surface area contributed by atoms with Crippen LogP contribution in [0.1, 0.15) is 23.4 Å². The number of para-hydroxylation sites is 1. The Balaban J connectivity index is 2.21. The van der Waals surface area contributed by atoms with Gasteiger partial charge in [0, 0.05) is 16.9 Å². The van der Waals surface area contributed by atoms with E-state index in [1.165, 1.54) is 4.88 Å². The third-order valence-corrected chi connectivity index (χ3v) is 4.48. The Hall–Kier alpha value is -0.880. The SMILES string of the molecule is CCOc1ccccc1C(Cc1ccc(Br)s1)NN.